The zero-order valence-corrected chi connectivity index (χ0v) is 19.7. The number of alkyl halides is 3. The predicted octanol–water partition coefficient (Wildman–Crippen LogP) is 6.06. The number of aromatic amines is 1. The molecule has 1 aliphatic rings. The third-order valence-electron chi connectivity index (χ3n) is 6.35. The van der Waals surface area contributed by atoms with E-state index in [1.807, 2.05) is 18.2 Å². The Morgan fingerprint density at radius 3 is 2.58 bits per heavy atom. The summed E-state index contributed by atoms with van der Waals surface area (Å²) >= 11 is 1.46. The Kier molecular flexibility index (Phi) is 6.61. The van der Waals surface area contributed by atoms with E-state index in [4.69, 9.17) is 9.72 Å². The summed E-state index contributed by atoms with van der Waals surface area (Å²) in [6, 6.07) is 10.6. The number of hydrogen-bond acceptors (Lipinski definition) is 7. The zero-order valence-electron chi connectivity index (χ0n) is 18.9. The summed E-state index contributed by atoms with van der Waals surface area (Å²) < 4.78 is 59.4. The van der Waals surface area contributed by atoms with Gasteiger partial charge in [0.1, 0.15) is 16.3 Å². The zero-order chi connectivity index (χ0) is 25.2. The van der Waals surface area contributed by atoms with E-state index in [-0.39, 0.29) is 11.2 Å². The summed E-state index contributed by atoms with van der Waals surface area (Å²) in [5.74, 6) is -0.449. The second-order valence-corrected chi connectivity index (χ2v) is 9.57. The van der Waals surface area contributed by atoms with Gasteiger partial charge in [-0.3, -0.25) is 5.10 Å². The Hall–Kier alpha value is -3.54. The average Bonchev–Trinajstić information content (AvgIpc) is 3.56. The van der Waals surface area contributed by atoms with Crippen molar-refractivity contribution < 1.29 is 22.3 Å². The molecule has 2 N–H and O–H groups in total. The summed E-state index contributed by atoms with van der Waals surface area (Å²) in [6.07, 6.45) is -0.536. The van der Waals surface area contributed by atoms with Gasteiger partial charge in [-0.2, -0.15) is 18.3 Å². The van der Waals surface area contributed by atoms with Crippen LogP contribution in [0.3, 0.4) is 0 Å². The molecule has 0 aliphatic heterocycles. The number of hydrogen-bond donors (Lipinski definition) is 2. The third-order valence-corrected chi connectivity index (χ3v) is 7.29. The van der Waals surface area contributed by atoms with Crippen LogP contribution in [0.25, 0.3) is 0 Å². The van der Waals surface area contributed by atoms with Crippen LogP contribution < -0.4 is 10.1 Å². The van der Waals surface area contributed by atoms with Crippen LogP contribution in [0.15, 0.2) is 54.2 Å². The predicted molar refractivity (Wildman–Crippen MR) is 126 cm³/mol. The van der Waals surface area contributed by atoms with E-state index in [2.05, 4.69) is 25.7 Å². The standard InChI is InChI=1S/C24H22F4N6OS/c25-21-17(24(26,27)28)4-2-5-18(21)35-16-7-10-23(11-8-16,22-34-30-14-36-22)13-15-3-1-6-19(31-15)32-20-9-12-29-33-20/h1-6,9,12,14,16H,7-8,10-11,13H2,(H2,29,31,32,33)/t16-,23-. The van der Waals surface area contributed by atoms with E-state index >= 15 is 0 Å². The molecule has 188 valence electrons. The lowest BCUT2D eigenvalue weighted by Crippen LogP contribution is -2.38. The van der Waals surface area contributed by atoms with Crippen molar-refractivity contribution in [3.05, 3.63) is 76.3 Å². The van der Waals surface area contributed by atoms with Crippen molar-refractivity contribution in [1.82, 2.24) is 25.4 Å². The molecule has 4 aromatic rings. The molecule has 0 spiro atoms. The third kappa shape index (κ3) is 5.18. The molecule has 36 heavy (non-hydrogen) atoms. The maximum atomic E-state index is 14.5. The summed E-state index contributed by atoms with van der Waals surface area (Å²) in [5, 5.41) is 19.2. The molecule has 1 aromatic carbocycles. The minimum absolute atomic E-state index is 0.356. The minimum Gasteiger partial charge on any atom is -0.487 e. The SMILES string of the molecule is Fc1c(O[C@H]2CC[C@](Cc3cccc(Nc4cc[nH]n4)n3)(c3nncs3)CC2)cccc1C(F)(F)F. The largest absolute Gasteiger partial charge is 0.487 e. The molecular weight excluding hydrogens is 496 g/mol. The fourth-order valence-corrected chi connectivity index (χ4v) is 5.40. The number of pyridine rings is 1. The van der Waals surface area contributed by atoms with E-state index in [1.54, 1.807) is 17.8 Å². The molecule has 5 rings (SSSR count). The Labute approximate surface area is 208 Å². The van der Waals surface area contributed by atoms with Crippen LogP contribution in [0.5, 0.6) is 5.75 Å². The highest BCUT2D eigenvalue weighted by Gasteiger charge is 2.41. The Morgan fingerprint density at radius 1 is 1.08 bits per heavy atom. The summed E-state index contributed by atoms with van der Waals surface area (Å²) in [5.41, 5.74) is 0.855. The molecule has 0 atom stereocenters. The van der Waals surface area contributed by atoms with Gasteiger partial charge in [-0.25, -0.2) is 9.37 Å². The van der Waals surface area contributed by atoms with E-state index in [9.17, 15) is 17.6 Å². The molecule has 0 amide bonds. The van der Waals surface area contributed by atoms with Gasteiger partial charge in [0.25, 0.3) is 0 Å². The molecule has 1 aliphatic carbocycles. The molecule has 1 fully saturated rings. The van der Waals surface area contributed by atoms with Crippen LogP contribution in [0, 0.1) is 5.82 Å². The van der Waals surface area contributed by atoms with Crippen LogP contribution in [0.4, 0.5) is 29.2 Å². The Bertz CT molecular complexity index is 1290. The van der Waals surface area contributed by atoms with Crippen molar-refractivity contribution in [2.75, 3.05) is 5.32 Å². The maximum absolute atomic E-state index is 14.5. The monoisotopic (exact) mass is 518 g/mol. The van der Waals surface area contributed by atoms with Crippen LogP contribution in [-0.2, 0) is 18.0 Å². The molecule has 0 bridgehead atoms. The molecule has 0 radical (unpaired) electrons. The first-order chi connectivity index (χ1) is 17.3. The Balaban J connectivity index is 1.32. The number of anilines is 2. The van der Waals surface area contributed by atoms with Gasteiger partial charge in [-0.15, -0.1) is 21.5 Å². The van der Waals surface area contributed by atoms with Crippen molar-refractivity contribution in [2.24, 2.45) is 0 Å². The van der Waals surface area contributed by atoms with E-state index in [0.717, 1.165) is 16.8 Å². The lowest BCUT2D eigenvalue weighted by molar-refractivity contribution is -0.140. The number of rotatable bonds is 7. The molecule has 3 aromatic heterocycles. The van der Waals surface area contributed by atoms with Crippen molar-refractivity contribution in [1.29, 1.82) is 0 Å². The number of H-pyrrole nitrogens is 1. The van der Waals surface area contributed by atoms with E-state index < -0.39 is 23.7 Å². The summed E-state index contributed by atoms with van der Waals surface area (Å²) in [6.45, 7) is 0. The molecule has 0 saturated heterocycles. The molecular formula is C24H22F4N6OS. The van der Waals surface area contributed by atoms with Crippen molar-refractivity contribution >= 4 is 23.0 Å². The van der Waals surface area contributed by atoms with Gasteiger partial charge in [0.15, 0.2) is 17.4 Å². The first-order valence-electron chi connectivity index (χ1n) is 11.3. The van der Waals surface area contributed by atoms with E-state index in [0.29, 0.717) is 49.8 Å². The first-order valence-corrected chi connectivity index (χ1v) is 12.2. The normalized spacial score (nSPS) is 20.3. The smallest absolute Gasteiger partial charge is 0.419 e. The minimum atomic E-state index is -4.78. The molecule has 3 heterocycles. The number of aromatic nitrogens is 5. The number of ether oxygens (including phenoxy) is 1. The van der Waals surface area contributed by atoms with Gasteiger partial charge < -0.3 is 10.1 Å². The number of benzene rings is 1. The molecule has 12 heteroatoms. The summed E-state index contributed by atoms with van der Waals surface area (Å²) in [7, 11) is 0. The topological polar surface area (TPSA) is 88.6 Å². The summed E-state index contributed by atoms with van der Waals surface area (Å²) in [4.78, 5) is 4.73. The molecule has 0 unspecified atom stereocenters. The lowest BCUT2D eigenvalue weighted by atomic mass is 9.70. The molecule has 7 nitrogen and oxygen atoms in total. The van der Waals surface area contributed by atoms with Gasteiger partial charge in [-0.1, -0.05) is 12.1 Å². The van der Waals surface area contributed by atoms with Gasteiger partial charge in [0, 0.05) is 29.8 Å². The first kappa shape index (κ1) is 24.2. The number of halogens is 4. The number of nitrogens with one attached hydrogen (secondary N) is 2. The van der Waals surface area contributed by atoms with Gasteiger partial charge >= 0.3 is 6.18 Å². The number of nitrogens with zero attached hydrogens (tertiary/aromatic N) is 4. The van der Waals surface area contributed by atoms with Crippen LogP contribution in [0.2, 0.25) is 0 Å². The van der Waals surface area contributed by atoms with Crippen LogP contribution >= 0.6 is 11.3 Å². The van der Waals surface area contributed by atoms with Crippen molar-refractivity contribution in [3.8, 4) is 5.75 Å². The second kappa shape index (κ2) is 9.84. The highest BCUT2D eigenvalue weighted by atomic mass is 32.1. The fraction of sp³-hybridized carbons (Fsp3) is 0.333. The van der Waals surface area contributed by atoms with Crippen molar-refractivity contribution in [3.63, 3.8) is 0 Å². The van der Waals surface area contributed by atoms with Crippen LogP contribution in [0.1, 0.15) is 41.9 Å². The second-order valence-electron chi connectivity index (χ2n) is 8.73. The van der Waals surface area contributed by atoms with Gasteiger partial charge in [-0.05, 0) is 49.9 Å². The molecule has 1 saturated carbocycles. The fourth-order valence-electron chi connectivity index (χ4n) is 4.59. The van der Waals surface area contributed by atoms with Gasteiger partial charge in [0.2, 0.25) is 0 Å². The quantitative estimate of drug-likeness (QED) is 0.289. The lowest BCUT2D eigenvalue weighted by Gasteiger charge is -2.38. The maximum Gasteiger partial charge on any atom is 0.419 e. The van der Waals surface area contributed by atoms with Gasteiger partial charge in [0.05, 0.1) is 11.7 Å². The highest BCUT2D eigenvalue weighted by molar-refractivity contribution is 7.09. The van der Waals surface area contributed by atoms with Crippen LogP contribution in [-0.4, -0.2) is 31.5 Å². The average molecular weight is 519 g/mol. The van der Waals surface area contributed by atoms with E-state index in [1.165, 1.54) is 17.4 Å². The highest BCUT2D eigenvalue weighted by Crippen LogP contribution is 2.44. The van der Waals surface area contributed by atoms with Crippen molar-refractivity contribution in [2.45, 2.75) is 49.8 Å². The Morgan fingerprint density at radius 2 is 1.89 bits per heavy atom.